The van der Waals surface area contributed by atoms with E-state index in [9.17, 15) is 9.59 Å². The van der Waals surface area contributed by atoms with Gasteiger partial charge in [0.1, 0.15) is 5.58 Å². The molecule has 0 saturated carbocycles. The third-order valence-corrected chi connectivity index (χ3v) is 5.99. The van der Waals surface area contributed by atoms with Crippen molar-refractivity contribution >= 4 is 44.4 Å². The molecule has 0 bridgehead atoms. The molecule has 2 heterocycles. The van der Waals surface area contributed by atoms with Crippen molar-refractivity contribution in [3.8, 4) is 0 Å². The number of carbonyl (C=O) groups excluding carboxylic acids is 1. The standard InChI is InChI=1S/C22H20BrClN2O3/c23-16-6-7-17-15(12-21(27)29-20(17)13-16)14-25-8-3-9-26(11-10-25)22(28)18-4-1-2-5-19(18)24/h1-2,4-7,12-13H,3,8-11,14H2. The first-order valence-corrected chi connectivity index (χ1v) is 10.7. The Bertz CT molecular complexity index is 1110. The second kappa shape index (κ2) is 8.69. The van der Waals surface area contributed by atoms with Crippen LogP contribution in [0.3, 0.4) is 0 Å². The molecule has 0 radical (unpaired) electrons. The molecule has 0 spiro atoms. The third kappa shape index (κ3) is 4.55. The summed E-state index contributed by atoms with van der Waals surface area (Å²) in [7, 11) is 0. The van der Waals surface area contributed by atoms with Gasteiger partial charge in [-0.3, -0.25) is 9.69 Å². The fraction of sp³-hybridized carbons (Fsp3) is 0.273. The molecule has 1 aliphatic heterocycles. The largest absolute Gasteiger partial charge is 0.423 e. The summed E-state index contributed by atoms with van der Waals surface area (Å²) in [6.07, 6.45) is 0.862. The first-order chi connectivity index (χ1) is 14.0. The van der Waals surface area contributed by atoms with E-state index in [0.717, 1.165) is 34.9 Å². The van der Waals surface area contributed by atoms with Gasteiger partial charge in [-0.25, -0.2) is 4.79 Å². The number of hydrogen-bond acceptors (Lipinski definition) is 4. The van der Waals surface area contributed by atoms with Crippen LogP contribution in [0.5, 0.6) is 0 Å². The van der Waals surface area contributed by atoms with Gasteiger partial charge in [-0.2, -0.15) is 0 Å². The fourth-order valence-electron chi connectivity index (χ4n) is 3.71. The molecular weight excluding hydrogens is 456 g/mol. The van der Waals surface area contributed by atoms with Crippen LogP contribution in [0.1, 0.15) is 22.3 Å². The van der Waals surface area contributed by atoms with E-state index in [4.69, 9.17) is 16.0 Å². The lowest BCUT2D eigenvalue weighted by atomic mass is 10.1. The van der Waals surface area contributed by atoms with E-state index in [1.54, 1.807) is 18.2 Å². The number of benzene rings is 2. The summed E-state index contributed by atoms with van der Waals surface area (Å²) in [4.78, 5) is 29.0. The monoisotopic (exact) mass is 474 g/mol. The summed E-state index contributed by atoms with van der Waals surface area (Å²) in [6, 6.07) is 14.4. The van der Waals surface area contributed by atoms with Gasteiger partial charge < -0.3 is 9.32 Å². The van der Waals surface area contributed by atoms with Crippen molar-refractivity contribution in [2.24, 2.45) is 0 Å². The lowest BCUT2D eigenvalue weighted by Gasteiger charge is -2.22. The Morgan fingerprint density at radius 3 is 2.72 bits per heavy atom. The highest BCUT2D eigenvalue weighted by atomic mass is 79.9. The first-order valence-electron chi connectivity index (χ1n) is 9.50. The number of halogens is 2. The molecule has 1 saturated heterocycles. The Kier molecular flexibility index (Phi) is 6.04. The Morgan fingerprint density at radius 1 is 1.07 bits per heavy atom. The summed E-state index contributed by atoms with van der Waals surface area (Å²) in [5.74, 6) is -0.0342. The predicted octanol–water partition coefficient (Wildman–Crippen LogP) is 4.56. The van der Waals surface area contributed by atoms with Crippen molar-refractivity contribution < 1.29 is 9.21 Å². The molecule has 0 aliphatic carbocycles. The second-order valence-corrected chi connectivity index (χ2v) is 8.46. The van der Waals surface area contributed by atoms with Crippen molar-refractivity contribution in [1.82, 2.24) is 9.80 Å². The van der Waals surface area contributed by atoms with Gasteiger partial charge in [0.05, 0.1) is 10.6 Å². The van der Waals surface area contributed by atoms with Crippen molar-refractivity contribution in [2.45, 2.75) is 13.0 Å². The molecule has 1 fully saturated rings. The normalized spacial score (nSPS) is 15.4. The number of amides is 1. The van der Waals surface area contributed by atoms with Gasteiger partial charge in [0.15, 0.2) is 0 Å². The number of rotatable bonds is 3. The average Bonchev–Trinajstić information content (AvgIpc) is 2.93. The van der Waals surface area contributed by atoms with Crippen LogP contribution >= 0.6 is 27.5 Å². The van der Waals surface area contributed by atoms with Crippen LogP contribution < -0.4 is 5.63 Å². The minimum atomic E-state index is -0.351. The van der Waals surface area contributed by atoms with E-state index in [0.29, 0.717) is 35.8 Å². The van der Waals surface area contributed by atoms with Crippen LogP contribution in [0.25, 0.3) is 11.0 Å². The van der Waals surface area contributed by atoms with Gasteiger partial charge in [0.2, 0.25) is 0 Å². The highest BCUT2D eigenvalue weighted by Crippen LogP contribution is 2.23. The van der Waals surface area contributed by atoms with Crippen LogP contribution in [-0.4, -0.2) is 41.9 Å². The van der Waals surface area contributed by atoms with E-state index in [1.165, 1.54) is 0 Å². The van der Waals surface area contributed by atoms with Crippen molar-refractivity contribution in [1.29, 1.82) is 0 Å². The molecule has 1 aliphatic rings. The molecule has 5 nitrogen and oxygen atoms in total. The van der Waals surface area contributed by atoms with E-state index in [1.807, 2.05) is 35.2 Å². The molecule has 0 atom stereocenters. The summed E-state index contributed by atoms with van der Waals surface area (Å²) >= 11 is 9.61. The molecule has 1 aromatic heterocycles. The highest BCUT2D eigenvalue weighted by Gasteiger charge is 2.22. The molecule has 4 rings (SSSR count). The van der Waals surface area contributed by atoms with E-state index in [2.05, 4.69) is 20.8 Å². The summed E-state index contributed by atoms with van der Waals surface area (Å²) in [6.45, 7) is 3.52. The average molecular weight is 476 g/mol. The van der Waals surface area contributed by atoms with Crippen LogP contribution in [-0.2, 0) is 6.54 Å². The maximum atomic E-state index is 12.9. The van der Waals surface area contributed by atoms with E-state index < -0.39 is 0 Å². The van der Waals surface area contributed by atoms with Gasteiger partial charge in [-0.1, -0.05) is 39.7 Å². The molecule has 3 aromatic rings. The highest BCUT2D eigenvalue weighted by molar-refractivity contribution is 9.10. The Hall–Kier alpha value is -2.15. The smallest absolute Gasteiger partial charge is 0.336 e. The van der Waals surface area contributed by atoms with Gasteiger partial charge in [-0.15, -0.1) is 0 Å². The van der Waals surface area contributed by atoms with E-state index in [-0.39, 0.29) is 11.5 Å². The summed E-state index contributed by atoms with van der Waals surface area (Å²) in [5.41, 5.74) is 1.71. The molecule has 150 valence electrons. The maximum absolute atomic E-state index is 12.9. The van der Waals surface area contributed by atoms with Gasteiger partial charge >= 0.3 is 5.63 Å². The van der Waals surface area contributed by atoms with Crippen molar-refractivity contribution in [2.75, 3.05) is 26.2 Å². The van der Waals surface area contributed by atoms with Crippen LogP contribution in [0.2, 0.25) is 5.02 Å². The Morgan fingerprint density at radius 2 is 1.90 bits per heavy atom. The number of nitrogens with zero attached hydrogens (tertiary/aromatic N) is 2. The third-order valence-electron chi connectivity index (χ3n) is 5.17. The van der Waals surface area contributed by atoms with Crippen molar-refractivity contribution in [3.05, 3.63) is 79.6 Å². The van der Waals surface area contributed by atoms with Crippen LogP contribution in [0.4, 0.5) is 0 Å². The Labute approximate surface area is 182 Å². The minimum Gasteiger partial charge on any atom is -0.423 e. The number of fused-ring (bicyclic) bond motifs is 1. The quantitative estimate of drug-likeness (QED) is 0.521. The second-order valence-electron chi connectivity index (χ2n) is 7.13. The topological polar surface area (TPSA) is 53.8 Å². The van der Waals surface area contributed by atoms with E-state index >= 15 is 0 Å². The lowest BCUT2D eigenvalue weighted by molar-refractivity contribution is 0.0761. The van der Waals surface area contributed by atoms with Gasteiger partial charge in [0, 0.05) is 48.6 Å². The first kappa shape index (κ1) is 20.1. The summed E-state index contributed by atoms with van der Waals surface area (Å²) < 4.78 is 6.21. The van der Waals surface area contributed by atoms with Gasteiger partial charge in [0.25, 0.3) is 5.91 Å². The number of carbonyl (C=O) groups is 1. The molecular formula is C22H20BrClN2O3. The zero-order valence-electron chi connectivity index (χ0n) is 15.7. The molecule has 0 unspecified atom stereocenters. The Balaban J connectivity index is 1.50. The van der Waals surface area contributed by atoms with Crippen molar-refractivity contribution in [3.63, 3.8) is 0 Å². The molecule has 0 N–H and O–H groups in total. The fourth-order valence-corrected chi connectivity index (χ4v) is 4.27. The van der Waals surface area contributed by atoms with Gasteiger partial charge in [-0.05, 0) is 42.3 Å². The summed E-state index contributed by atoms with van der Waals surface area (Å²) in [5, 5.41) is 1.41. The van der Waals surface area contributed by atoms with Crippen LogP contribution in [0.15, 0.2) is 62.2 Å². The molecule has 1 amide bonds. The zero-order valence-corrected chi connectivity index (χ0v) is 18.1. The maximum Gasteiger partial charge on any atom is 0.336 e. The molecule has 7 heteroatoms. The number of hydrogen-bond donors (Lipinski definition) is 0. The molecule has 29 heavy (non-hydrogen) atoms. The SMILES string of the molecule is O=C(c1ccccc1Cl)N1CCCN(Cc2cc(=O)oc3cc(Br)ccc23)CC1. The zero-order chi connectivity index (χ0) is 20.4. The predicted molar refractivity (Wildman–Crippen MR) is 117 cm³/mol. The minimum absolute atomic E-state index is 0.0342. The lowest BCUT2D eigenvalue weighted by Crippen LogP contribution is -2.35. The molecule has 2 aromatic carbocycles. The van der Waals surface area contributed by atoms with Crippen LogP contribution in [0, 0.1) is 0 Å².